The Kier molecular flexibility index (Phi) is 5.83. The molecule has 0 aromatic heterocycles. The van der Waals surface area contributed by atoms with E-state index in [0.29, 0.717) is 6.54 Å². The smallest absolute Gasteiger partial charge is 0.191 e. The van der Waals surface area contributed by atoms with Gasteiger partial charge in [0.25, 0.3) is 0 Å². The van der Waals surface area contributed by atoms with Gasteiger partial charge < -0.3 is 15.4 Å². The first-order valence-corrected chi connectivity index (χ1v) is 7.35. The summed E-state index contributed by atoms with van der Waals surface area (Å²) in [6, 6.07) is 16.3. The molecule has 0 saturated carbocycles. The molecule has 0 aliphatic rings. The van der Waals surface area contributed by atoms with Crippen molar-refractivity contribution in [2.24, 2.45) is 4.99 Å². The van der Waals surface area contributed by atoms with Crippen LogP contribution in [0, 0.1) is 6.92 Å². The molecule has 0 radical (unpaired) electrons. The summed E-state index contributed by atoms with van der Waals surface area (Å²) in [5.74, 6) is 1.65. The van der Waals surface area contributed by atoms with Crippen LogP contribution in [0.3, 0.4) is 0 Å². The number of aliphatic imine (C=N–C) groups is 1. The van der Waals surface area contributed by atoms with E-state index < -0.39 is 0 Å². The number of hydrogen-bond acceptors (Lipinski definition) is 2. The molecule has 2 aromatic rings. The highest BCUT2D eigenvalue weighted by Gasteiger charge is 2.01. The topological polar surface area (TPSA) is 45.7 Å². The molecule has 22 heavy (non-hydrogen) atoms. The van der Waals surface area contributed by atoms with Crippen molar-refractivity contribution in [3.8, 4) is 5.75 Å². The Bertz CT molecular complexity index is 638. The van der Waals surface area contributed by atoms with E-state index in [-0.39, 0.29) is 0 Å². The highest BCUT2D eigenvalue weighted by Crippen LogP contribution is 2.12. The van der Waals surface area contributed by atoms with E-state index in [2.05, 4.69) is 52.9 Å². The van der Waals surface area contributed by atoms with Gasteiger partial charge in [-0.3, -0.25) is 4.99 Å². The van der Waals surface area contributed by atoms with Crippen molar-refractivity contribution >= 4 is 5.96 Å². The van der Waals surface area contributed by atoms with Gasteiger partial charge in [-0.05, 0) is 35.7 Å². The summed E-state index contributed by atoms with van der Waals surface area (Å²) in [6.07, 6.45) is 0. The Balaban J connectivity index is 1.89. The zero-order valence-electron chi connectivity index (χ0n) is 13.4. The summed E-state index contributed by atoms with van der Waals surface area (Å²) >= 11 is 0. The first kappa shape index (κ1) is 15.9. The van der Waals surface area contributed by atoms with Crippen LogP contribution >= 0.6 is 0 Å². The van der Waals surface area contributed by atoms with Crippen LogP contribution < -0.4 is 15.4 Å². The van der Waals surface area contributed by atoms with E-state index in [1.165, 1.54) is 11.1 Å². The number of guanidine groups is 1. The van der Waals surface area contributed by atoms with E-state index >= 15 is 0 Å². The van der Waals surface area contributed by atoms with Gasteiger partial charge in [0.1, 0.15) is 5.75 Å². The summed E-state index contributed by atoms with van der Waals surface area (Å²) in [6.45, 7) is 3.57. The Morgan fingerprint density at radius 3 is 2.55 bits per heavy atom. The van der Waals surface area contributed by atoms with E-state index in [4.69, 9.17) is 4.74 Å². The number of benzene rings is 2. The van der Waals surface area contributed by atoms with Crippen LogP contribution in [0.2, 0.25) is 0 Å². The molecular weight excluding hydrogens is 274 g/mol. The van der Waals surface area contributed by atoms with Crippen LogP contribution in [0.25, 0.3) is 0 Å². The summed E-state index contributed by atoms with van der Waals surface area (Å²) in [7, 11) is 3.45. The summed E-state index contributed by atoms with van der Waals surface area (Å²) in [4.78, 5) is 4.25. The van der Waals surface area contributed by atoms with E-state index in [1.54, 1.807) is 14.2 Å². The van der Waals surface area contributed by atoms with Crippen LogP contribution in [0.4, 0.5) is 0 Å². The molecule has 0 fully saturated rings. The number of nitrogens with one attached hydrogen (secondary N) is 2. The lowest BCUT2D eigenvalue weighted by molar-refractivity contribution is 0.414. The lowest BCUT2D eigenvalue weighted by Crippen LogP contribution is -2.36. The number of rotatable bonds is 5. The molecule has 0 atom stereocenters. The fourth-order valence-electron chi connectivity index (χ4n) is 2.18. The highest BCUT2D eigenvalue weighted by molar-refractivity contribution is 5.79. The van der Waals surface area contributed by atoms with Crippen molar-refractivity contribution in [2.75, 3.05) is 14.2 Å². The molecule has 2 rings (SSSR count). The standard InChI is InChI=1S/C18H23N3O/c1-14-7-4-5-9-16(14)13-21-18(19-2)20-12-15-8-6-10-17(11-15)22-3/h4-11H,12-13H2,1-3H3,(H2,19,20,21). The summed E-state index contributed by atoms with van der Waals surface area (Å²) in [5, 5.41) is 6.64. The van der Waals surface area contributed by atoms with Crippen molar-refractivity contribution in [1.82, 2.24) is 10.6 Å². The molecule has 0 aliphatic carbocycles. The molecule has 0 spiro atoms. The minimum atomic E-state index is 0.699. The minimum Gasteiger partial charge on any atom is -0.497 e. The Labute approximate surface area is 132 Å². The van der Waals surface area contributed by atoms with Crippen molar-refractivity contribution in [3.05, 3.63) is 65.2 Å². The van der Waals surface area contributed by atoms with E-state index in [1.807, 2.05) is 18.2 Å². The molecule has 0 amide bonds. The molecular formula is C18H23N3O. The monoisotopic (exact) mass is 297 g/mol. The average Bonchev–Trinajstić information content (AvgIpc) is 2.56. The number of aryl methyl sites for hydroxylation is 1. The Morgan fingerprint density at radius 2 is 1.82 bits per heavy atom. The molecule has 116 valence electrons. The Morgan fingerprint density at radius 1 is 1.05 bits per heavy atom. The van der Waals surface area contributed by atoms with Gasteiger partial charge in [0, 0.05) is 20.1 Å². The third-order valence-electron chi connectivity index (χ3n) is 3.53. The van der Waals surface area contributed by atoms with Gasteiger partial charge in [-0.25, -0.2) is 0 Å². The van der Waals surface area contributed by atoms with Crippen LogP contribution in [0.1, 0.15) is 16.7 Å². The molecule has 2 N–H and O–H groups in total. The molecule has 4 heteroatoms. The molecule has 4 nitrogen and oxygen atoms in total. The normalized spacial score (nSPS) is 11.1. The number of ether oxygens (including phenoxy) is 1. The Hall–Kier alpha value is -2.49. The zero-order valence-corrected chi connectivity index (χ0v) is 13.4. The van der Waals surface area contributed by atoms with E-state index in [0.717, 1.165) is 23.8 Å². The molecule has 0 saturated heterocycles. The van der Waals surface area contributed by atoms with Crippen molar-refractivity contribution in [3.63, 3.8) is 0 Å². The van der Waals surface area contributed by atoms with Crippen LogP contribution in [-0.4, -0.2) is 20.1 Å². The fourth-order valence-corrected chi connectivity index (χ4v) is 2.18. The second-order valence-corrected chi connectivity index (χ2v) is 5.06. The number of nitrogens with zero attached hydrogens (tertiary/aromatic N) is 1. The van der Waals surface area contributed by atoms with Gasteiger partial charge in [0.05, 0.1) is 7.11 Å². The highest BCUT2D eigenvalue weighted by atomic mass is 16.5. The first-order chi connectivity index (χ1) is 10.7. The maximum atomic E-state index is 5.23. The summed E-state index contributed by atoms with van der Waals surface area (Å²) < 4.78 is 5.23. The lowest BCUT2D eigenvalue weighted by Gasteiger charge is -2.13. The molecule has 0 heterocycles. The van der Waals surface area contributed by atoms with Gasteiger partial charge >= 0.3 is 0 Å². The number of hydrogen-bond donors (Lipinski definition) is 2. The molecule has 0 unspecified atom stereocenters. The van der Waals surface area contributed by atoms with Crippen molar-refractivity contribution in [1.29, 1.82) is 0 Å². The molecule has 0 bridgehead atoms. The maximum Gasteiger partial charge on any atom is 0.191 e. The summed E-state index contributed by atoms with van der Waals surface area (Å²) in [5.41, 5.74) is 3.70. The number of methoxy groups -OCH3 is 1. The minimum absolute atomic E-state index is 0.699. The lowest BCUT2D eigenvalue weighted by atomic mass is 10.1. The van der Waals surface area contributed by atoms with Gasteiger partial charge in [0.15, 0.2) is 5.96 Å². The van der Waals surface area contributed by atoms with Crippen LogP contribution in [0.5, 0.6) is 5.75 Å². The van der Waals surface area contributed by atoms with E-state index in [9.17, 15) is 0 Å². The molecule has 2 aromatic carbocycles. The third-order valence-corrected chi connectivity index (χ3v) is 3.53. The maximum absolute atomic E-state index is 5.23. The predicted octanol–water partition coefficient (Wildman–Crippen LogP) is 2.87. The largest absolute Gasteiger partial charge is 0.497 e. The quantitative estimate of drug-likeness (QED) is 0.659. The van der Waals surface area contributed by atoms with Gasteiger partial charge in [-0.1, -0.05) is 36.4 Å². The van der Waals surface area contributed by atoms with Crippen LogP contribution in [-0.2, 0) is 13.1 Å². The van der Waals surface area contributed by atoms with Gasteiger partial charge in [-0.15, -0.1) is 0 Å². The zero-order chi connectivity index (χ0) is 15.8. The van der Waals surface area contributed by atoms with Gasteiger partial charge in [-0.2, -0.15) is 0 Å². The molecule has 0 aliphatic heterocycles. The van der Waals surface area contributed by atoms with Crippen molar-refractivity contribution < 1.29 is 4.74 Å². The fraction of sp³-hybridized carbons (Fsp3) is 0.278. The van der Waals surface area contributed by atoms with Crippen molar-refractivity contribution in [2.45, 2.75) is 20.0 Å². The second-order valence-electron chi connectivity index (χ2n) is 5.06. The second kappa shape index (κ2) is 8.08. The average molecular weight is 297 g/mol. The van der Waals surface area contributed by atoms with Gasteiger partial charge in [0.2, 0.25) is 0 Å². The first-order valence-electron chi connectivity index (χ1n) is 7.35. The van der Waals surface area contributed by atoms with Crippen LogP contribution in [0.15, 0.2) is 53.5 Å². The predicted molar refractivity (Wildman–Crippen MR) is 91.2 cm³/mol. The third kappa shape index (κ3) is 4.52. The SMILES string of the molecule is CN=C(NCc1cccc(OC)c1)NCc1ccccc1C.